The Kier molecular flexibility index (Phi) is 5.87. The van der Waals surface area contributed by atoms with Crippen molar-refractivity contribution in [1.29, 1.82) is 0 Å². The summed E-state index contributed by atoms with van der Waals surface area (Å²) in [7, 11) is 0. The van der Waals surface area contributed by atoms with E-state index in [2.05, 4.69) is 5.32 Å². The van der Waals surface area contributed by atoms with Crippen molar-refractivity contribution >= 4 is 23.3 Å². The maximum atomic E-state index is 12.4. The van der Waals surface area contributed by atoms with Gasteiger partial charge >= 0.3 is 11.8 Å². The molecule has 0 radical (unpaired) electrons. The number of Topliss-reactive ketones (excluding diaryl/α,β-unsaturated/α-hetero) is 1. The van der Waals surface area contributed by atoms with E-state index in [-0.39, 0.29) is 18.4 Å². The summed E-state index contributed by atoms with van der Waals surface area (Å²) in [4.78, 5) is 37.5. The molecule has 0 saturated carbocycles. The van der Waals surface area contributed by atoms with Gasteiger partial charge in [-0.2, -0.15) is 0 Å². The van der Waals surface area contributed by atoms with Gasteiger partial charge in [-0.25, -0.2) is 0 Å². The highest BCUT2D eigenvalue weighted by atomic mass is 16.3. The molecule has 2 N–H and O–H groups in total. The molecule has 1 unspecified atom stereocenters. The van der Waals surface area contributed by atoms with Crippen LogP contribution in [0.25, 0.3) is 0 Å². The highest BCUT2D eigenvalue weighted by Gasteiger charge is 2.30. The number of rotatable bonds is 4. The Morgan fingerprint density at radius 3 is 2.78 bits per heavy atom. The molecule has 0 aliphatic carbocycles. The number of hydrogen-bond acceptors (Lipinski definition) is 4. The van der Waals surface area contributed by atoms with Crippen LogP contribution in [-0.4, -0.2) is 46.8 Å². The van der Waals surface area contributed by atoms with Crippen molar-refractivity contribution in [2.45, 2.75) is 38.6 Å². The number of hydrogen-bond donors (Lipinski definition) is 2. The summed E-state index contributed by atoms with van der Waals surface area (Å²) in [6.45, 7) is 1.97. The lowest BCUT2D eigenvalue weighted by Crippen LogP contribution is -2.48. The number of benzene rings is 1. The second-order valence-corrected chi connectivity index (χ2v) is 5.75. The van der Waals surface area contributed by atoms with Crippen LogP contribution in [0.1, 0.15) is 43.0 Å². The number of nitrogens with zero attached hydrogens (tertiary/aromatic N) is 1. The van der Waals surface area contributed by atoms with Gasteiger partial charge in [0.1, 0.15) is 0 Å². The molecule has 0 spiro atoms. The van der Waals surface area contributed by atoms with Gasteiger partial charge in [0.25, 0.3) is 0 Å². The molecule has 2 amide bonds. The van der Waals surface area contributed by atoms with Crippen LogP contribution in [0, 0.1) is 0 Å². The average Bonchev–Trinajstić information content (AvgIpc) is 2.55. The van der Waals surface area contributed by atoms with E-state index < -0.39 is 11.8 Å². The second-order valence-electron chi connectivity index (χ2n) is 5.75. The molecular formula is C17H22N2O4. The monoisotopic (exact) mass is 318 g/mol. The first kappa shape index (κ1) is 17.1. The van der Waals surface area contributed by atoms with Gasteiger partial charge in [-0.3, -0.25) is 14.4 Å². The zero-order chi connectivity index (χ0) is 16.8. The molecule has 0 aromatic heterocycles. The predicted octanol–water partition coefficient (Wildman–Crippen LogP) is 1.59. The lowest BCUT2D eigenvalue weighted by Gasteiger charge is -2.35. The summed E-state index contributed by atoms with van der Waals surface area (Å²) < 4.78 is 0. The standard InChI is InChI=1S/C17H22N2O4/c1-12(21)13-5-4-6-14(11-13)18-16(22)17(23)19-9-3-2-7-15(19)8-10-20/h4-6,11,15,20H,2-3,7-10H2,1H3,(H,18,22). The van der Waals surface area contributed by atoms with Crippen molar-refractivity contribution in [3.05, 3.63) is 29.8 Å². The van der Waals surface area contributed by atoms with E-state index in [0.29, 0.717) is 24.2 Å². The third-order valence-corrected chi connectivity index (χ3v) is 4.07. The summed E-state index contributed by atoms with van der Waals surface area (Å²) in [5.74, 6) is -1.40. The van der Waals surface area contributed by atoms with Gasteiger partial charge in [0, 0.05) is 30.4 Å². The van der Waals surface area contributed by atoms with E-state index >= 15 is 0 Å². The molecular weight excluding hydrogens is 296 g/mol. The van der Waals surface area contributed by atoms with E-state index in [1.807, 2.05) is 0 Å². The van der Waals surface area contributed by atoms with Crippen LogP contribution < -0.4 is 5.32 Å². The minimum absolute atomic E-state index is 0.00325. The van der Waals surface area contributed by atoms with E-state index in [9.17, 15) is 14.4 Å². The Hall–Kier alpha value is -2.21. The van der Waals surface area contributed by atoms with Gasteiger partial charge in [0.05, 0.1) is 0 Å². The minimum Gasteiger partial charge on any atom is -0.396 e. The lowest BCUT2D eigenvalue weighted by molar-refractivity contribution is -0.146. The van der Waals surface area contributed by atoms with Crippen LogP contribution in [0.4, 0.5) is 5.69 Å². The molecule has 1 aliphatic rings. The fourth-order valence-corrected chi connectivity index (χ4v) is 2.85. The number of likely N-dealkylation sites (tertiary alicyclic amines) is 1. The fourth-order valence-electron chi connectivity index (χ4n) is 2.85. The highest BCUT2D eigenvalue weighted by molar-refractivity contribution is 6.39. The molecule has 1 heterocycles. The topological polar surface area (TPSA) is 86.7 Å². The summed E-state index contributed by atoms with van der Waals surface area (Å²) in [6, 6.07) is 6.41. The highest BCUT2D eigenvalue weighted by Crippen LogP contribution is 2.20. The van der Waals surface area contributed by atoms with Gasteiger partial charge in [0.15, 0.2) is 5.78 Å². The number of nitrogens with one attached hydrogen (secondary N) is 1. The number of anilines is 1. The van der Waals surface area contributed by atoms with Crippen LogP contribution in [0.5, 0.6) is 0 Å². The van der Waals surface area contributed by atoms with E-state index in [4.69, 9.17) is 5.11 Å². The molecule has 124 valence electrons. The van der Waals surface area contributed by atoms with Gasteiger partial charge in [0.2, 0.25) is 0 Å². The quantitative estimate of drug-likeness (QED) is 0.652. The van der Waals surface area contributed by atoms with Crippen molar-refractivity contribution in [2.75, 3.05) is 18.5 Å². The van der Waals surface area contributed by atoms with Gasteiger partial charge in [-0.1, -0.05) is 12.1 Å². The molecule has 2 rings (SSSR count). The number of carbonyl (C=O) groups excluding carboxylic acids is 3. The largest absolute Gasteiger partial charge is 0.396 e. The van der Waals surface area contributed by atoms with Crippen LogP contribution >= 0.6 is 0 Å². The van der Waals surface area contributed by atoms with Crippen molar-refractivity contribution in [3.63, 3.8) is 0 Å². The van der Waals surface area contributed by atoms with Crippen LogP contribution in [-0.2, 0) is 9.59 Å². The van der Waals surface area contributed by atoms with Crippen molar-refractivity contribution in [3.8, 4) is 0 Å². The number of ketones is 1. The predicted molar refractivity (Wildman–Crippen MR) is 86.1 cm³/mol. The first-order chi connectivity index (χ1) is 11.0. The SMILES string of the molecule is CC(=O)c1cccc(NC(=O)C(=O)N2CCCCC2CCO)c1. The molecule has 1 aromatic carbocycles. The second kappa shape index (κ2) is 7.87. The molecule has 1 saturated heterocycles. The van der Waals surface area contributed by atoms with Gasteiger partial charge in [-0.15, -0.1) is 0 Å². The maximum Gasteiger partial charge on any atom is 0.313 e. The normalized spacial score (nSPS) is 17.7. The van der Waals surface area contributed by atoms with Crippen molar-refractivity contribution < 1.29 is 19.5 Å². The third-order valence-electron chi connectivity index (χ3n) is 4.07. The fraction of sp³-hybridized carbons (Fsp3) is 0.471. The lowest BCUT2D eigenvalue weighted by atomic mass is 9.99. The third kappa shape index (κ3) is 4.39. The van der Waals surface area contributed by atoms with E-state index in [1.165, 1.54) is 6.92 Å². The maximum absolute atomic E-state index is 12.4. The molecule has 23 heavy (non-hydrogen) atoms. The Balaban J connectivity index is 2.05. The number of amides is 2. The molecule has 1 aromatic rings. The number of piperidine rings is 1. The molecule has 6 heteroatoms. The van der Waals surface area contributed by atoms with Crippen LogP contribution in [0.3, 0.4) is 0 Å². The van der Waals surface area contributed by atoms with E-state index in [1.54, 1.807) is 29.2 Å². The van der Waals surface area contributed by atoms with Gasteiger partial charge < -0.3 is 15.3 Å². The summed E-state index contributed by atoms with van der Waals surface area (Å²) in [5, 5.41) is 11.7. The molecule has 6 nitrogen and oxygen atoms in total. The van der Waals surface area contributed by atoms with E-state index in [0.717, 1.165) is 19.3 Å². The number of aliphatic hydroxyl groups excluding tert-OH is 1. The summed E-state index contributed by atoms with van der Waals surface area (Å²) in [5.41, 5.74) is 0.901. The molecule has 1 fully saturated rings. The Labute approximate surface area is 135 Å². The average molecular weight is 318 g/mol. The Bertz CT molecular complexity index is 598. The molecule has 1 atom stereocenters. The van der Waals surface area contributed by atoms with Crippen LogP contribution in [0.2, 0.25) is 0 Å². The smallest absolute Gasteiger partial charge is 0.313 e. The summed E-state index contributed by atoms with van der Waals surface area (Å²) in [6.07, 6.45) is 3.15. The number of aliphatic hydroxyl groups is 1. The Morgan fingerprint density at radius 2 is 2.09 bits per heavy atom. The van der Waals surface area contributed by atoms with Crippen molar-refractivity contribution in [1.82, 2.24) is 4.90 Å². The minimum atomic E-state index is -0.712. The summed E-state index contributed by atoms with van der Waals surface area (Å²) >= 11 is 0. The molecule has 1 aliphatic heterocycles. The van der Waals surface area contributed by atoms with Crippen LogP contribution in [0.15, 0.2) is 24.3 Å². The Morgan fingerprint density at radius 1 is 1.30 bits per heavy atom. The first-order valence-corrected chi connectivity index (χ1v) is 7.86. The van der Waals surface area contributed by atoms with Crippen molar-refractivity contribution in [2.24, 2.45) is 0 Å². The molecule has 0 bridgehead atoms. The zero-order valence-electron chi connectivity index (χ0n) is 13.2. The number of carbonyl (C=O) groups is 3. The first-order valence-electron chi connectivity index (χ1n) is 7.86. The zero-order valence-corrected chi connectivity index (χ0v) is 13.2. The van der Waals surface area contributed by atoms with Gasteiger partial charge in [-0.05, 0) is 44.7 Å².